The number of halogens is 2. The van der Waals surface area contributed by atoms with Gasteiger partial charge in [-0.2, -0.15) is 0 Å². The Bertz CT molecular complexity index is 158. The minimum Gasteiger partial charge on any atom is -0.382 e. The molecular formula is C9H21FIN3O. The quantitative estimate of drug-likeness (QED) is 0.305. The molecule has 4 nitrogen and oxygen atoms in total. The van der Waals surface area contributed by atoms with Gasteiger partial charge in [-0.1, -0.05) is 0 Å². The van der Waals surface area contributed by atoms with Gasteiger partial charge in [0.2, 0.25) is 0 Å². The van der Waals surface area contributed by atoms with E-state index in [0.717, 1.165) is 26.2 Å². The predicted molar refractivity (Wildman–Crippen MR) is 71.6 cm³/mol. The van der Waals surface area contributed by atoms with Crippen molar-refractivity contribution in [3.8, 4) is 0 Å². The van der Waals surface area contributed by atoms with Crippen LogP contribution in [0.25, 0.3) is 0 Å². The number of ether oxygens (including phenoxy) is 1. The Hall–Kier alpha value is -0.110. The summed E-state index contributed by atoms with van der Waals surface area (Å²) in [5.41, 5.74) is 5.50. The average molecular weight is 333 g/mol. The van der Waals surface area contributed by atoms with Gasteiger partial charge >= 0.3 is 0 Å². The van der Waals surface area contributed by atoms with Crippen molar-refractivity contribution in [1.82, 2.24) is 5.32 Å². The van der Waals surface area contributed by atoms with Crippen molar-refractivity contribution < 1.29 is 9.13 Å². The van der Waals surface area contributed by atoms with Crippen molar-refractivity contribution >= 4 is 29.9 Å². The molecule has 0 aliphatic heterocycles. The predicted octanol–water partition coefficient (Wildman–Crippen LogP) is 1.29. The van der Waals surface area contributed by atoms with Crippen molar-refractivity contribution in [3.63, 3.8) is 0 Å². The van der Waals surface area contributed by atoms with Gasteiger partial charge in [0, 0.05) is 26.3 Å². The molecule has 6 heteroatoms. The lowest BCUT2D eigenvalue weighted by Gasteiger charge is -2.05. The molecule has 0 amide bonds. The summed E-state index contributed by atoms with van der Waals surface area (Å²) in [7, 11) is 0. The van der Waals surface area contributed by atoms with E-state index in [1.165, 1.54) is 0 Å². The fraction of sp³-hybridized carbons (Fsp3) is 0.889. The zero-order valence-corrected chi connectivity index (χ0v) is 11.5. The highest BCUT2D eigenvalue weighted by atomic mass is 127. The van der Waals surface area contributed by atoms with Crippen LogP contribution in [-0.4, -0.2) is 38.9 Å². The van der Waals surface area contributed by atoms with Crippen LogP contribution < -0.4 is 11.1 Å². The van der Waals surface area contributed by atoms with Gasteiger partial charge in [0.1, 0.15) is 0 Å². The number of nitrogens with zero attached hydrogens (tertiary/aromatic N) is 1. The molecule has 0 aliphatic carbocycles. The number of hydrogen-bond acceptors (Lipinski definition) is 2. The normalized spacial score (nSPS) is 10.9. The standard InChI is InChI=1S/C9H20FN3O.HI/c1-2-14-8-4-7-13-9(11)12-6-3-5-10;/h2-8H2,1H3,(H3,11,12,13);1H. The summed E-state index contributed by atoms with van der Waals surface area (Å²) >= 11 is 0. The van der Waals surface area contributed by atoms with Crippen LogP contribution in [0.4, 0.5) is 4.39 Å². The molecule has 0 spiro atoms. The minimum absolute atomic E-state index is 0. The van der Waals surface area contributed by atoms with Crippen molar-refractivity contribution in [2.75, 3.05) is 33.0 Å². The maximum Gasteiger partial charge on any atom is 0.188 e. The fourth-order valence-electron chi connectivity index (χ4n) is 0.850. The first-order valence-electron chi connectivity index (χ1n) is 4.98. The maximum absolute atomic E-state index is 11.7. The van der Waals surface area contributed by atoms with E-state index in [9.17, 15) is 4.39 Å². The van der Waals surface area contributed by atoms with E-state index >= 15 is 0 Å². The number of nitrogens with two attached hydrogens (primary N) is 1. The Morgan fingerprint density at radius 3 is 2.80 bits per heavy atom. The van der Waals surface area contributed by atoms with Gasteiger partial charge in [0.25, 0.3) is 0 Å². The summed E-state index contributed by atoms with van der Waals surface area (Å²) in [6, 6.07) is 0. The summed E-state index contributed by atoms with van der Waals surface area (Å²) in [6.45, 7) is 4.26. The molecule has 15 heavy (non-hydrogen) atoms. The molecular weight excluding hydrogens is 312 g/mol. The zero-order chi connectivity index (χ0) is 10.6. The molecule has 0 radical (unpaired) electrons. The van der Waals surface area contributed by atoms with Crippen LogP contribution in [0.3, 0.4) is 0 Å². The van der Waals surface area contributed by atoms with Gasteiger partial charge in [-0.05, 0) is 19.8 Å². The summed E-state index contributed by atoms with van der Waals surface area (Å²) in [5, 5.41) is 2.93. The fourth-order valence-corrected chi connectivity index (χ4v) is 0.850. The van der Waals surface area contributed by atoms with E-state index in [1.807, 2.05) is 6.92 Å². The number of guanidine groups is 1. The maximum atomic E-state index is 11.7. The van der Waals surface area contributed by atoms with Crippen molar-refractivity contribution in [2.24, 2.45) is 10.7 Å². The Labute approximate surface area is 108 Å². The summed E-state index contributed by atoms with van der Waals surface area (Å²) < 4.78 is 16.8. The Morgan fingerprint density at radius 2 is 2.20 bits per heavy atom. The van der Waals surface area contributed by atoms with Gasteiger partial charge in [-0.3, -0.25) is 9.38 Å². The SMILES string of the molecule is CCOCCCNC(N)=NCCCF.I. The van der Waals surface area contributed by atoms with Gasteiger partial charge in [-0.25, -0.2) is 0 Å². The molecule has 3 N–H and O–H groups in total. The van der Waals surface area contributed by atoms with Crippen LogP contribution in [0.15, 0.2) is 4.99 Å². The smallest absolute Gasteiger partial charge is 0.188 e. The lowest BCUT2D eigenvalue weighted by molar-refractivity contribution is 0.145. The first kappa shape index (κ1) is 17.3. The van der Waals surface area contributed by atoms with Gasteiger partial charge in [0.05, 0.1) is 6.67 Å². The first-order chi connectivity index (χ1) is 6.81. The van der Waals surface area contributed by atoms with E-state index in [4.69, 9.17) is 10.5 Å². The molecule has 0 aromatic rings. The topological polar surface area (TPSA) is 59.6 Å². The van der Waals surface area contributed by atoms with Gasteiger partial charge in [0.15, 0.2) is 5.96 Å². The Morgan fingerprint density at radius 1 is 1.47 bits per heavy atom. The second-order valence-corrected chi connectivity index (χ2v) is 2.79. The molecule has 0 rings (SSSR count). The lowest BCUT2D eigenvalue weighted by atomic mass is 10.4. The molecule has 0 saturated heterocycles. The molecule has 0 atom stereocenters. The Balaban J connectivity index is 0. The third kappa shape index (κ3) is 13.9. The summed E-state index contributed by atoms with van der Waals surface area (Å²) in [5.74, 6) is 0.384. The summed E-state index contributed by atoms with van der Waals surface area (Å²) in [4.78, 5) is 3.93. The van der Waals surface area contributed by atoms with E-state index in [-0.39, 0.29) is 30.7 Å². The van der Waals surface area contributed by atoms with Crippen molar-refractivity contribution in [2.45, 2.75) is 19.8 Å². The van der Waals surface area contributed by atoms with E-state index < -0.39 is 0 Å². The molecule has 92 valence electrons. The van der Waals surface area contributed by atoms with Crippen LogP contribution in [0, 0.1) is 0 Å². The second kappa shape index (κ2) is 13.9. The van der Waals surface area contributed by atoms with E-state index in [1.54, 1.807) is 0 Å². The Kier molecular flexibility index (Phi) is 16.0. The number of hydrogen-bond donors (Lipinski definition) is 2. The first-order valence-corrected chi connectivity index (χ1v) is 4.98. The molecule has 0 fully saturated rings. The highest BCUT2D eigenvalue weighted by molar-refractivity contribution is 14.0. The van der Waals surface area contributed by atoms with Crippen LogP contribution in [0.5, 0.6) is 0 Å². The highest BCUT2D eigenvalue weighted by Gasteiger charge is 1.91. The third-order valence-corrected chi connectivity index (χ3v) is 1.55. The van der Waals surface area contributed by atoms with Crippen LogP contribution in [0.1, 0.15) is 19.8 Å². The van der Waals surface area contributed by atoms with Crippen LogP contribution in [0.2, 0.25) is 0 Å². The zero-order valence-electron chi connectivity index (χ0n) is 9.17. The van der Waals surface area contributed by atoms with E-state index in [0.29, 0.717) is 18.9 Å². The monoisotopic (exact) mass is 333 g/mol. The highest BCUT2D eigenvalue weighted by Crippen LogP contribution is 1.82. The largest absolute Gasteiger partial charge is 0.382 e. The van der Waals surface area contributed by atoms with Crippen molar-refractivity contribution in [1.29, 1.82) is 0 Å². The molecule has 0 bridgehead atoms. The van der Waals surface area contributed by atoms with Crippen LogP contribution >= 0.6 is 24.0 Å². The number of nitrogens with one attached hydrogen (secondary N) is 1. The second-order valence-electron chi connectivity index (χ2n) is 2.79. The number of alkyl halides is 1. The molecule has 0 unspecified atom stereocenters. The van der Waals surface area contributed by atoms with Gasteiger partial charge in [-0.15, -0.1) is 24.0 Å². The number of rotatable bonds is 8. The lowest BCUT2D eigenvalue weighted by Crippen LogP contribution is -2.33. The third-order valence-electron chi connectivity index (χ3n) is 1.55. The molecule has 0 saturated carbocycles. The molecule has 0 aliphatic rings. The van der Waals surface area contributed by atoms with Gasteiger partial charge < -0.3 is 15.8 Å². The molecule has 0 aromatic carbocycles. The average Bonchev–Trinajstić information content (AvgIpc) is 2.18. The van der Waals surface area contributed by atoms with Crippen molar-refractivity contribution in [3.05, 3.63) is 0 Å². The molecule has 0 heterocycles. The summed E-state index contributed by atoms with van der Waals surface area (Å²) in [6.07, 6.45) is 1.33. The minimum atomic E-state index is -0.346. The van der Waals surface area contributed by atoms with E-state index in [2.05, 4.69) is 10.3 Å². The number of aliphatic imine (C=N–C) groups is 1. The van der Waals surface area contributed by atoms with Crippen LogP contribution in [-0.2, 0) is 4.74 Å². The molecule has 0 aromatic heterocycles.